The summed E-state index contributed by atoms with van der Waals surface area (Å²) in [7, 11) is -4.07. The number of hydrogen-bond acceptors (Lipinski definition) is 6. The van der Waals surface area contributed by atoms with Crippen LogP contribution in [0, 0.1) is 17.0 Å². The summed E-state index contributed by atoms with van der Waals surface area (Å²) in [6.07, 6.45) is 0. The van der Waals surface area contributed by atoms with E-state index >= 15 is 0 Å². The zero-order valence-electron chi connectivity index (χ0n) is 14.7. The molecule has 144 valence electrons. The average Bonchev–Trinajstić information content (AvgIpc) is 2.65. The molecule has 2 aromatic rings. The third-order valence-corrected chi connectivity index (χ3v) is 5.97. The summed E-state index contributed by atoms with van der Waals surface area (Å²) >= 11 is 0. The maximum atomic E-state index is 13.0. The zero-order valence-corrected chi connectivity index (χ0v) is 15.5. The Balaban J connectivity index is 2.43. The minimum atomic E-state index is -4.07. The first-order chi connectivity index (χ1) is 12.7. The van der Waals surface area contributed by atoms with Crippen molar-refractivity contribution < 1.29 is 23.3 Å². The van der Waals surface area contributed by atoms with Crippen LogP contribution in [0.3, 0.4) is 0 Å². The van der Waals surface area contributed by atoms with Gasteiger partial charge in [0.15, 0.2) is 0 Å². The van der Waals surface area contributed by atoms with Gasteiger partial charge in [0.25, 0.3) is 11.6 Å². The molecule has 0 radical (unpaired) electrons. The van der Waals surface area contributed by atoms with E-state index in [2.05, 4.69) is 0 Å². The van der Waals surface area contributed by atoms with Crippen LogP contribution in [0.15, 0.2) is 53.4 Å². The Morgan fingerprint density at radius 1 is 1.19 bits per heavy atom. The molecule has 0 bridgehead atoms. The standard InChI is InChI=1S/C17H19N3O6S/c1-12-3-9-16(10-4-12)27(25,26)19(13(2)17(21)18-22)11-14-5-7-15(8-6-14)20(23)24/h3-10,13,22H,11H2,1-2H3,(H,18,21)/t13-/m0/s1. The highest BCUT2D eigenvalue weighted by Crippen LogP contribution is 2.23. The van der Waals surface area contributed by atoms with Crippen LogP contribution in [0.5, 0.6) is 0 Å². The average molecular weight is 393 g/mol. The number of sulfonamides is 1. The van der Waals surface area contributed by atoms with Crippen LogP contribution in [-0.2, 0) is 21.4 Å². The maximum absolute atomic E-state index is 13.0. The molecule has 0 saturated heterocycles. The number of hydrogen-bond donors (Lipinski definition) is 2. The van der Waals surface area contributed by atoms with Crippen LogP contribution in [0.25, 0.3) is 0 Å². The molecule has 0 heterocycles. The van der Waals surface area contributed by atoms with Crippen molar-refractivity contribution in [2.45, 2.75) is 31.3 Å². The molecule has 0 saturated carbocycles. The summed E-state index contributed by atoms with van der Waals surface area (Å²) in [5.41, 5.74) is 2.65. The van der Waals surface area contributed by atoms with E-state index in [4.69, 9.17) is 5.21 Å². The fraction of sp³-hybridized carbons (Fsp3) is 0.235. The molecule has 0 aliphatic heterocycles. The van der Waals surface area contributed by atoms with E-state index in [9.17, 15) is 23.3 Å². The summed E-state index contributed by atoms with van der Waals surface area (Å²) in [4.78, 5) is 22.1. The molecule has 0 aliphatic carbocycles. The summed E-state index contributed by atoms with van der Waals surface area (Å²) in [6.45, 7) is 2.94. The summed E-state index contributed by atoms with van der Waals surface area (Å²) in [6, 6.07) is 10.2. The molecule has 2 rings (SSSR count). The van der Waals surface area contributed by atoms with Gasteiger partial charge in [0, 0.05) is 18.7 Å². The van der Waals surface area contributed by atoms with E-state index in [1.165, 1.54) is 48.8 Å². The van der Waals surface area contributed by atoms with E-state index in [-0.39, 0.29) is 17.1 Å². The molecule has 0 aromatic heterocycles. The molecule has 0 unspecified atom stereocenters. The van der Waals surface area contributed by atoms with Crippen molar-refractivity contribution >= 4 is 21.6 Å². The maximum Gasteiger partial charge on any atom is 0.269 e. The van der Waals surface area contributed by atoms with Crippen LogP contribution >= 0.6 is 0 Å². The number of nitrogens with one attached hydrogen (secondary N) is 1. The highest BCUT2D eigenvalue weighted by Gasteiger charge is 2.33. The second-order valence-electron chi connectivity index (χ2n) is 5.94. The predicted octanol–water partition coefficient (Wildman–Crippen LogP) is 1.99. The Morgan fingerprint density at radius 2 is 1.74 bits per heavy atom. The van der Waals surface area contributed by atoms with Crippen LogP contribution in [0.2, 0.25) is 0 Å². The molecule has 1 atom stereocenters. The molecule has 1 amide bonds. The van der Waals surface area contributed by atoms with E-state index in [0.717, 1.165) is 9.87 Å². The summed E-state index contributed by atoms with van der Waals surface area (Å²) in [5, 5.41) is 19.7. The minimum absolute atomic E-state index is 0.00685. The smallest absolute Gasteiger partial charge is 0.269 e. The Labute approximate surface area is 156 Å². The first-order valence-corrected chi connectivity index (χ1v) is 9.36. The van der Waals surface area contributed by atoms with E-state index < -0.39 is 26.9 Å². The van der Waals surface area contributed by atoms with Crippen molar-refractivity contribution in [2.75, 3.05) is 0 Å². The second-order valence-corrected chi connectivity index (χ2v) is 7.83. The van der Waals surface area contributed by atoms with Crippen LogP contribution in [0.1, 0.15) is 18.1 Å². The Bertz CT molecular complexity index is 926. The fourth-order valence-corrected chi connectivity index (χ4v) is 3.98. The van der Waals surface area contributed by atoms with Crippen LogP contribution in [0.4, 0.5) is 5.69 Å². The number of amides is 1. The van der Waals surface area contributed by atoms with Crippen molar-refractivity contribution in [3.63, 3.8) is 0 Å². The number of nitro benzene ring substituents is 1. The van der Waals surface area contributed by atoms with Gasteiger partial charge in [0.2, 0.25) is 10.0 Å². The molecule has 2 aromatic carbocycles. The lowest BCUT2D eigenvalue weighted by Crippen LogP contribution is -2.46. The summed E-state index contributed by atoms with van der Waals surface area (Å²) < 4.78 is 27.0. The molecule has 0 aliphatic rings. The molecule has 10 heteroatoms. The predicted molar refractivity (Wildman–Crippen MR) is 96.4 cm³/mol. The highest BCUT2D eigenvalue weighted by molar-refractivity contribution is 7.89. The van der Waals surface area contributed by atoms with Gasteiger partial charge in [-0.15, -0.1) is 0 Å². The van der Waals surface area contributed by atoms with Crippen LogP contribution < -0.4 is 5.48 Å². The number of non-ortho nitro benzene ring substituents is 1. The highest BCUT2D eigenvalue weighted by atomic mass is 32.2. The largest absolute Gasteiger partial charge is 0.289 e. The molecule has 27 heavy (non-hydrogen) atoms. The SMILES string of the molecule is Cc1ccc(S(=O)(=O)N(Cc2ccc([N+](=O)[O-])cc2)[C@@H](C)C(=O)NO)cc1. The Kier molecular flexibility index (Phi) is 6.26. The number of rotatable bonds is 7. The first-order valence-electron chi connectivity index (χ1n) is 7.92. The van der Waals surface area contributed by atoms with Gasteiger partial charge in [-0.05, 0) is 31.5 Å². The molecule has 9 nitrogen and oxygen atoms in total. The molecule has 0 fully saturated rings. The topological polar surface area (TPSA) is 130 Å². The van der Waals surface area contributed by atoms with E-state index in [1.54, 1.807) is 12.1 Å². The quantitative estimate of drug-likeness (QED) is 0.420. The van der Waals surface area contributed by atoms with Crippen molar-refractivity contribution in [3.8, 4) is 0 Å². The number of nitro groups is 1. The van der Waals surface area contributed by atoms with Gasteiger partial charge in [-0.2, -0.15) is 4.31 Å². The third kappa shape index (κ3) is 4.67. The van der Waals surface area contributed by atoms with Crippen molar-refractivity contribution in [2.24, 2.45) is 0 Å². The zero-order chi connectivity index (χ0) is 20.2. The monoisotopic (exact) mass is 393 g/mol. The Hall–Kier alpha value is -2.82. The van der Waals surface area contributed by atoms with Gasteiger partial charge in [0.1, 0.15) is 6.04 Å². The van der Waals surface area contributed by atoms with Crippen LogP contribution in [-0.4, -0.2) is 34.8 Å². The fourth-order valence-electron chi connectivity index (χ4n) is 2.40. The first kappa shape index (κ1) is 20.5. The van der Waals surface area contributed by atoms with Gasteiger partial charge in [0.05, 0.1) is 9.82 Å². The van der Waals surface area contributed by atoms with Crippen molar-refractivity contribution in [3.05, 3.63) is 69.8 Å². The van der Waals surface area contributed by atoms with Gasteiger partial charge in [-0.1, -0.05) is 29.8 Å². The van der Waals surface area contributed by atoms with E-state index in [0.29, 0.717) is 5.56 Å². The van der Waals surface area contributed by atoms with E-state index in [1.807, 2.05) is 6.92 Å². The minimum Gasteiger partial charge on any atom is -0.289 e. The number of carbonyl (C=O) groups is 1. The Morgan fingerprint density at radius 3 is 2.22 bits per heavy atom. The van der Waals surface area contributed by atoms with Gasteiger partial charge >= 0.3 is 0 Å². The lowest BCUT2D eigenvalue weighted by Gasteiger charge is -2.27. The molecule has 0 spiro atoms. The lowest BCUT2D eigenvalue weighted by atomic mass is 10.2. The number of hydroxylamine groups is 1. The van der Waals surface area contributed by atoms with Crippen molar-refractivity contribution in [1.82, 2.24) is 9.79 Å². The molecular formula is C17H19N3O6S. The van der Waals surface area contributed by atoms with Crippen molar-refractivity contribution in [1.29, 1.82) is 0 Å². The van der Waals surface area contributed by atoms with Gasteiger partial charge in [-0.25, -0.2) is 13.9 Å². The number of benzene rings is 2. The molecular weight excluding hydrogens is 374 g/mol. The number of aryl methyl sites for hydroxylation is 1. The normalized spacial score (nSPS) is 12.6. The van der Waals surface area contributed by atoms with Gasteiger partial charge in [-0.3, -0.25) is 20.1 Å². The van der Waals surface area contributed by atoms with Gasteiger partial charge < -0.3 is 0 Å². The molecule has 2 N–H and O–H groups in total. The third-order valence-electron chi connectivity index (χ3n) is 4.03. The number of carbonyl (C=O) groups excluding carboxylic acids is 1. The lowest BCUT2D eigenvalue weighted by molar-refractivity contribution is -0.384. The summed E-state index contributed by atoms with van der Waals surface area (Å²) in [5.74, 6) is -0.896. The second kappa shape index (κ2) is 8.25. The number of nitrogens with zero attached hydrogens (tertiary/aromatic N) is 2.